The van der Waals surface area contributed by atoms with Gasteiger partial charge in [0.05, 0.1) is 11.7 Å². The molecule has 1 heterocycles. The van der Waals surface area contributed by atoms with Crippen LogP contribution in [0.1, 0.15) is 22.8 Å². The average molecular weight is 373 g/mol. The molecule has 0 spiro atoms. The average Bonchev–Trinajstić information content (AvgIpc) is 3.02. The van der Waals surface area contributed by atoms with E-state index in [9.17, 15) is 4.79 Å². The number of benzene rings is 2. The maximum Gasteiger partial charge on any atom is 0.195 e. The fourth-order valence-corrected chi connectivity index (χ4v) is 3.40. The first kappa shape index (κ1) is 17.4. The summed E-state index contributed by atoms with van der Waals surface area (Å²) in [5, 5.41) is 0.509. The Balaban J connectivity index is 1.72. The number of carbonyl (C=O) groups excluding carboxylic acids is 1. The van der Waals surface area contributed by atoms with Gasteiger partial charge in [-0.1, -0.05) is 66.2 Å². The lowest BCUT2D eigenvalue weighted by atomic mass is 9.99. The minimum Gasteiger partial charge on any atom is -0.289 e. The second-order valence-electron chi connectivity index (χ2n) is 6.39. The van der Waals surface area contributed by atoms with Crippen LogP contribution in [0.25, 0.3) is 0 Å². The van der Waals surface area contributed by atoms with Crippen molar-refractivity contribution in [3.63, 3.8) is 0 Å². The highest BCUT2D eigenvalue weighted by molar-refractivity contribution is 6.31. The Kier molecular flexibility index (Phi) is 4.69. The Morgan fingerprint density at radius 2 is 1.96 bits per heavy atom. The van der Waals surface area contributed by atoms with Gasteiger partial charge in [-0.25, -0.2) is 0 Å². The molecule has 27 heavy (non-hydrogen) atoms. The summed E-state index contributed by atoms with van der Waals surface area (Å²) in [7, 11) is 0. The minimum atomic E-state index is -0.0990. The number of allylic oxidation sites excluding steroid dienone is 3. The van der Waals surface area contributed by atoms with Gasteiger partial charge >= 0.3 is 0 Å². The lowest BCUT2D eigenvalue weighted by Crippen LogP contribution is -2.03. The summed E-state index contributed by atoms with van der Waals surface area (Å²) in [5.74, 6) is -0.0990. The molecule has 0 saturated carbocycles. The standard InChI is InChI=1S/C23H17ClN2O/c1-15-20(18-9-5-6-10-22(18)26-15)14-25-21-12-11-17(24)13-19(21)23(27)16-7-3-2-4-8-16/h2-14,22H,1H3. The van der Waals surface area contributed by atoms with Gasteiger partial charge in [0.1, 0.15) is 0 Å². The van der Waals surface area contributed by atoms with E-state index in [1.54, 1.807) is 36.5 Å². The summed E-state index contributed by atoms with van der Waals surface area (Å²) < 4.78 is 0. The Hall–Kier alpha value is -3.04. The molecule has 0 aromatic heterocycles. The maximum atomic E-state index is 12.9. The highest BCUT2D eigenvalue weighted by atomic mass is 35.5. The van der Waals surface area contributed by atoms with Crippen LogP contribution in [-0.4, -0.2) is 23.8 Å². The number of rotatable bonds is 4. The van der Waals surface area contributed by atoms with Crippen LogP contribution < -0.4 is 0 Å². The topological polar surface area (TPSA) is 41.8 Å². The molecule has 2 aliphatic rings. The zero-order valence-corrected chi connectivity index (χ0v) is 15.5. The normalized spacial score (nSPS) is 18.1. The number of hydrogen-bond donors (Lipinski definition) is 0. The number of ketones is 1. The zero-order chi connectivity index (χ0) is 18.8. The minimum absolute atomic E-state index is 0.0621. The van der Waals surface area contributed by atoms with Crippen LogP contribution in [0.3, 0.4) is 0 Å². The van der Waals surface area contributed by atoms with E-state index in [2.05, 4.69) is 22.1 Å². The van der Waals surface area contributed by atoms with E-state index < -0.39 is 0 Å². The number of nitrogens with zero attached hydrogens (tertiary/aromatic N) is 2. The van der Waals surface area contributed by atoms with Gasteiger partial charge in [0.2, 0.25) is 0 Å². The van der Waals surface area contributed by atoms with E-state index in [0.29, 0.717) is 21.8 Å². The van der Waals surface area contributed by atoms with Crippen LogP contribution in [0.15, 0.2) is 94.0 Å². The molecule has 0 bridgehead atoms. The van der Waals surface area contributed by atoms with Gasteiger partial charge in [0, 0.05) is 33.6 Å². The highest BCUT2D eigenvalue weighted by Crippen LogP contribution is 2.29. The molecule has 0 saturated heterocycles. The Bertz CT molecular complexity index is 1060. The molecular weight excluding hydrogens is 356 g/mol. The number of fused-ring (bicyclic) bond motifs is 1. The molecule has 4 heteroatoms. The summed E-state index contributed by atoms with van der Waals surface area (Å²) in [6, 6.07) is 14.4. The molecule has 0 fully saturated rings. The van der Waals surface area contributed by atoms with Crippen molar-refractivity contribution in [3.8, 4) is 0 Å². The first-order chi connectivity index (χ1) is 13.1. The molecule has 1 aliphatic heterocycles. The first-order valence-corrected chi connectivity index (χ1v) is 9.08. The van der Waals surface area contributed by atoms with Gasteiger partial charge in [-0.15, -0.1) is 0 Å². The van der Waals surface area contributed by atoms with Crippen LogP contribution >= 0.6 is 11.6 Å². The van der Waals surface area contributed by atoms with E-state index in [-0.39, 0.29) is 11.8 Å². The predicted octanol–water partition coefficient (Wildman–Crippen LogP) is 5.54. The van der Waals surface area contributed by atoms with Gasteiger partial charge in [0.25, 0.3) is 0 Å². The molecule has 2 aromatic rings. The van der Waals surface area contributed by atoms with E-state index in [4.69, 9.17) is 11.6 Å². The summed E-state index contributed by atoms with van der Waals surface area (Å²) in [6.07, 6.45) is 9.92. The first-order valence-electron chi connectivity index (χ1n) is 8.70. The van der Waals surface area contributed by atoms with Gasteiger partial charge in [-0.05, 0) is 30.7 Å². The predicted molar refractivity (Wildman–Crippen MR) is 112 cm³/mol. The van der Waals surface area contributed by atoms with Crippen molar-refractivity contribution in [1.82, 2.24) is 0 Å². The quantitative estimate of drug-likeness (QED) is 0.513. The van der Waals surface area contributed by atoms with Crippen molar-refractivity contribution in [2.75, 3.05) is 0 Å². The molecule has 1 atom stereocenters. The van der Waals surface area contributed by atoms with Crippen LogP contribution in [0.5, 0.6) is 0 Å². The third-order valence-electron chi connectivity index (χ3n) is 4.60. The largest absolute Gasteiger partial charge is 0.289 e. The van der Waals surface area contributed by atoms with Crippen molar-refractivity contribution < 1.29 is 4.79 Å². The van der Waals surface area contributed by atoms with Gasteiger partial charge in [-0.3, -0.25) is 14.8 Å². The van der Waals surface area contributed by atoms with Crippen molar-refractivity contribution in [3.05, 3.63) is 100 Å². The molecule has 0 amide bonds. The molecule has 1 unspecified atom stereocenters. The van der Waals surface area contributed by atoms with Crippen LogP contribution in [0, 0.1) is 0 Å². The van der Waals surface area contributed by atoms with E-state index >= 15 is 0 Å². The van der Waals surface area contributed by atoms with Crippen molar-refractivity contribution in [1.29, 1.82) is 0 Å². The molecule has 3 nitrogen and oxygen atoms in total. The number of hydrogen-bond acceptors (Lipinski definition) is 3. The number of halogens is 1. The molecule has 132 valence electrons. The van der Waals surface area contributed by atoms with Crippen LogP contribution in [0.4, 0.5) is 5.69 Å². The fourth-order valence-electron chi connectivity index (χ4n) is 3.23. The van der Waals surface area contributed by atoms with Gasteiger partial charge in [0.15, 0.2) is 5.78 Å². The molecule has 1 aliphatic carbocycles. The Morgan fingerprint density at radius 1 is 1.15 bits per heavy atom. The summed E-state index contributed by atoms with van der Waals surface area (Å²) in [4.78, 5) is 22.2. The van der Waals surface area contributed by atoms with Gasteiger partial charge in [-0.2, -0.15) is 0 Å². The summed E-state index contributed by atoms with van der Waals surface area (Å²) >= 11 is 6.14. The van der Waals surface area contributed by atoms with E-state index in [1.807, 2.05) is 37.3 Å². The smallest absolute Gasteiger partial charge is 0.195 e. The van der Waals surface area contributed by atoms with Gasteiger partial charge < -0.3 is 0 Å². The monoisotopic (exact) mass is 372 g/mol. The van der Waals surface area contributed by atoms with E-state index in [0.717, 1.165) is 16.9 Å². The SMILES string of the molecule is CC1=NC2C=CC=CC2=C1C=Nc1ccc(Cl)cc1C(=O)c1ccccc1. The lowest BCUT2D eigenvalue weighted by molar-refractivity contribution is 0.103. The lowest BCUT2D eigenvalue weighted by Gasteiger charge is -2.08. The van der Waals surface area contributed by atoms with Crippen molar-refractivity contribution >= 4 is 35.0 Å². The number of aliphatic imine (C=N–C) groups is 2. The van der Waals surface area contributed by atoms with Crippen molar-refractivity contribution in [2.45, 2.75) is 13.0 Å². The van der Waals surface area contributed by atoms with Crippen LogP contribution in [-0.2, 0) is 0 Å². The Morgan fingerprint density at radius 3 is 2.78 bits per heavy atom. The van der Waals surface area contributed by atoms with Crippen LogP contribution in [0.2, 0.25) is 5.02 Å². The van der Waals surface area contributed by atoms with Crippen molar-refractivity contribution in [2.24, 2.45) is 9.98 Å². The zero-order valence-electron chi connectivity index (χ0n) is 14.8. The number of carbonyl (C=O) groups is 1. The summed E-state index contributed by atoms with van der Waals surface area (Å²) in [6.45, 7) is 1.98. The molecule has 2 aromatic carbocycles. The second-order valence-corrected chi connectivity index (χ2v) is 6.82. The third kappa shape index (κ3) is 3.46. The third-order valence-corrected chi connectivity index (χ3v) is 4.84. The second kappa shape index (κ2) is 7.29. The molecule has 0 N–H and O–H groups in total. The summed E-state index contributed by atoms with van der Waals surface area (Å²) in [5.41, 5.74) is 4.75. The van der Waals surface area contributed by atoms with E-state index in [1.165, 1.54) is 0 Å². The highest BCUT2D eigenvalue weighted by Gasteiger charge is 2.22. The molecule has 0 radical (unpaired) electrons. The molecular formula is C23H17ClN2O. The fraction of sp³-hybridized carbons (Fsp3) is 0.0870. The molecule has 4 rings (SSSR count). The maximum absolute atomic E-state index is 12.9. The Labute approximate surface area is 163 Å².